The van der Waals surface area contributed by atoms with E-state index in [9.17, 15) is 9.59 Å². The predicted octanol–water partition coefficient (Wildman–Crippen LogP) is 8.67. The zero-order valence-electron chi connectivity index (χ0n) is 29.5. The highest BCUT2D eigenvalue weighted by atomic mass is 127. The Morgan fingerprint density at radius 2 is 1.12 bits per heavy atom. The zero-order valence-corrected chi connectivity index (χ0v) is 33.8. The summed E-state index contributed by atoms with van der Waals surface area (Å²) in [6.45, 7) is 2.86. The second-order valence-corrected chi connectivity index (χ2v) is 14.7. The molecule has 0 spiro atoms. The van der Waals surface area contributed by atoms with E-state index in [0.29, 0.717) is 30.0 Å². The molecule has 1 heterocycles. The van der Waals surface area contributed by atoms with E-state index in [1.807, 2.05) is 131 Å². The number of amides is 2. The monoisotopic (exact) mass is 921 g/mol. The average molecular weight is 922 g/mol. The first-order chi connectivity index (χ1) is 25.1. The van der Waals surface area contributed by atoms with Crippen LogP contribution in [0.5, 0.6) is 11.5 Å². The van der Waals surface area contributed by atoms with Gasteiger partial charge < -0.3 is 29.9 Å². The van der Waals surface area contributed by atoms with E-state index in [4.69, 9.17) is 9.47 Å². The maximum Gasteiger partial charge on any atom is 0.256 e. The van der Waals surface area contributed by atoms with E-state index >= 15 is 0 Å². The van der Waals surface area contributed by atoms with Crippen molar-refractivity contribution in [2.24, 2.45) is 0 Å². The Labute approximate surface area is 332 Å². The molecule has 0 bridgehead atoms. The number of carbonyl (C=O) groups excluding carboxylic acids is 2. The number of carbonyl (C=O) groups is 2. The summed E-state index contributed by atoms with van der Waals surface area (Å²) in [5.41, 5.74) is 3.50. The fraction of sp³-hybridized carbons (Fsp3) is 0.195. The van der Waals surface area contributed by atoms with Gasteiger partial charge >= 0.3 is 0 Å². The Morgan fingerprint density at radius 3 is 1.69 bits per heavy atom. The van der Waals surface area contributed by atoms with Gasteiger partial charge in [-0.25, -0.2) is 0 Å². The molecule has 2 amide bonds. The lowest BCUT2D eigenvalue weighted by molar-refractivity contribution is 0.102. The van der Waals surface area contributed by atoms with Crippen LogP contribution in [0.25, 0.3) is 21.7 Å². The quantitative estimate of drug-likeness (QED) is 0.119. The maximum absolute atomic E-state index is 12.8. The largest absolute Gasteiger partial charge is 0.491 e. The van der Waals surface area contributed by atoms with Crippen LogP contribution in [0, 0.1) is 7.14 Å². The van der Waals surface area contributed by atoms with E-state index in [2.05, 4.69) is 70.6 Å². The van der Waals surface area contributed by atoms with Crippen LogP contribution in [0.15, 0.2) is 115 Å². The number of rotatable bonds is 12. The van der Waals surface area contributed by atoms with Crippen LogP contribution in [-0.2, 0) is 0 Å². The van der Waals surface area contributed by atoms with Crippen molar-refractivity contribution in [1.29, 1.82) is 0 Å². The summed E-state index contributed by atoms with van der Waals surface area (Å²) >= 11 is 4.47. The summed E-state index contributed by atoms with van der Waals surface area (Å²) in [4.78, 5) is 33.9. The molecule has 0 unspecified atom stereocenters. The molecule has 5 aromatic carbocycles. The molecule has 6 aromatic rings. The van der Waals surface area contributed by atoms with E-state index in [1.165, 1.54) is 0 Å². The molecule has 0 radical (unpaired) electrons. The van der Waals surface area contributed by atoms with E-state index < -0.39 is 0 Å². The van der Waals surface area contributed by atoms with Crippen LogP contribution >= 0.6 is 45.2 Å². The minimum absolute atomic E-state index is 0.123. The lowest BCUT2D eigenvalue weighted by Gasteiger charge is -2.14. The molecule has 0 aliphatic rings. The SMILES string of the molecule is CN(C)CCOc1cc(NC(=O)c2cccc3ccccc23)ccc1I.CN(C)CCOc1cc(NC(=O)c2ccnc3ccccc23)ccc1I. The Hall–Kier alpha value is -4.31. The number of nitrogens with zero attached hydrogens (tertiary/aromatic N) is 3. The molecule has 52 heavy (non-hydrogen) atoms. The number of nitrogens with one attached hydrogen (secondary N) is 2. The Morgan fingerprint density at radius 1 is 0.615 bits per heavy atom. The molecule has 0 aliphatic heterocycles. The second-order valence-electron chi connectivity index (χ2n) is 12.4. The number of anilines is 2. The Bertz CT molecular complexity index is 2000. The van der Waals surface area contributed by atoms with Crippen LogP contribution in [0.3, 0.4) is 0 Å². The lowest BCUT2D eigenvalue weighted by atomic mass is 10.0. The molecule has 6 rings (SSSR count). The summed E-state index contributed by atoms with van der Waals surface area (Å²) in [7, 11) is 8.03. The third kappa shape index (κ3) is 10.9. The van der Waals surface area contributed by atoms with Crippen molar-refractivity contribution in [3.8, 4) is 11.5 Å². The molecule has 0 fully saturated rings. The molecule has 0 aliphatic carbocycles. The summed E-state index contributed by atoms with van der Waals surface area (Å²) in [5, 5.41) is 8.77. The van der Waals surface area contributed by atoms with Gasteiger partial charge in [0, 0.05) is 53.7 Å². The van der Waals surface area contributed by atoms with Gasteiger partial charge in [-0.15, -0.1) is 0 Å². The number of ether oxygens (including phenoxy) is 2. The first kappa shape index (κ1) is 38.9. The van der Waals surface area contributed by atoms with E-state index in [0.717, 1.165) is 59.1 Å². The average Bonchev–Trinajstić information content (AvgIpc) is 3.13. The third-order valence-corrected chi connectivity index (χ3v) is 9.68. The normalized spacial score (nSPS) is 10.9. The number of hydrogen-bond acceptors (Lipinski definition) is 7. The zero-order chi connectivity index (χ0) is 37.0. The number of hydrogen-bond donors (Lipinski definition) is 2. The smallest absolute Gasteiger partial charge is 0.256 e. The third-order valence-electron chi connectivity index (χ3n) is 7.90. The number of halogens is 2. The first-order valence-electron chi connectivity index (χ1n) is 16.7. The number of likely N-dealkylation sites (N-methyl/N-ethyl adjacent to an activating group) is 2. The van der Waals surface area contributed by atoms with Crippen LogP contribution in [-0.4, -0.2) is 81.1 Å². The molecule has 1 aromatic heterocycles. The molecule has 268 valence electrons. The van der Waals surface area contributed by atoms with Gasteiger partial charge in [-0.05, 0) is 127 Å². The van der Waals surface area contributed by atoms with Gasteiger partial charge in [-0.2, -0.15) is 0 Å². The van der Waals surface area contributed by atoms with Crippen molar-refractivity contribution < 1.29 is 19.1 Å². The minimum Gasteiger partial charge on any atom is -0.491 e. The number of pyridine rings is 1. The second kappa shape index (κ2) is 19.0. The highest BCUT2D eigenvalue weighted by Gasteiger charge is 2.13. The van der Waals surface area contributed by atoms with Gasteiger partial charge in [0.1, 0.15) is 24.7 Å². The fourth-order valence-electron chi connectivity index (χ4n) is 5.17. The minimum atomic E-state index is -0.163. The number of aromatic nitrogens is 1. The summed E-state index contributed by atoms with van der Waals surface area (Å²) < 4.78 is 13.7. The van der Waals surface area contributed by atoms with E-state index in [1.54, 1.807) is 12.3 Å². The van der Waals surface area contributed by atoms with Gasteiger partial charge in [0.15, 0.2) is 0 Å². The van der Waals surface area contributed by atoms with Gasteiger partial charge in [0.25, 0.3) is 11.8 Å². The highest BCUT2D eigenvalue weighted by molar-refractivity contribution is 14.1. The molecule has 0 saturated carbocycles. The maximum atomic E-state index is 12.8. The molecular formula is C41H41I2N5O4. The van der Waals surface area contributed by atoms with Gasteiger partial charge in [0.05, 0.1) is 18.2 Å². The van der Waals surface area contributed by atoms with Crippen molar-refractivity contribution in [1.82, 2.24) is 14.8 Å². The van der Waals surface area contributed by atoms with Crippen molar-refractivity contribution in [2.75, 3.05) is 65.1 Å². The summed E-state index contributed by atoms with van der Waals surface area (Å²) in [5.74, 6) is 1.26. The van der Waals surface area contributed by atoms with Crippen LogP contribution in [0.4, 0.5) is 11.4 Å². The molecule has 11 heteroatoms. The van der Waals surface area contributed by atoms with E-state index in [-0.39, 0.29) is 11.8 Å². The fourth-order valence-corrected chi connectivity index (χ4v) is 6.16. The molecule has 9 nitrogen and oxygen atoms in total. The van der Waals surface area contributed by atoms with Crippen molar-refractivity contribution >= 4 is 90.0 Å². The standard InChI is InChI=1S/C21H21IN2O2.C20H20IN3O2/c1-24(2)12-13-26-20-14-16(10-11-19(20)22)23-21(25)18-9-5-7-15-6-3-4-8-17(15)18;1-24(2)11-12-26-19-13-14(7-8-17(19)21)23-20(25)16-9-10-22-18-6-4-3-5-15(16)18/h3-11,14H,12-13H2,1-2H3,(H,23,25);3-10,13H,11-12H2,1-2H3,(H,23,25). The van der Waals surface area contributed by atoms with Gasteiger partial charge in [-0.1, -0.05) is 54.6 Å². The van der Waals surface area contributed by atoms with Gasteiger partial charge in [0.2, 0.25) is 0 Å². The highest BCUT2D eigenvalue weighted by Crippen LogP contribution is 2.28. The number of para-hydroxylation sites is 1. The number of benzene rings is 5. The van der Waals surface area contributed by atoms with Crippen LogP contribution in [0.2, 0.25) is 0 Å². The summed E-state index contributed by atoms with van der Waals surface area (Å²) in [6, 6.07) is 34.4. The molecular weight excluding hydrogens is 880 g/mol. The summed E-state index contributed by atoms with van der Waals surface area (Å²) in [6.07, 6.45) is 1.65. The molecule has 0 atom stereocenters. The number of fused-ring (bicyclic) bond motifs is 2. The van der Waals surface area contributed by atoms with Gasteiger partial charge in [-0.3, -0.25) is 14.6 Å². The topological polar surface area (TPSA) is 96.0 Å². The molecule has 0 saturated heterocycles. The van der Waals surface area contributed by atoms with Crippen molar-refractivity contribution in [3.63, 3.8) is 0 Å². The van der Waals surface area contributed by atoms with Crippen LogP contribution in [0.1, 0.15) is 20.7 Å². The molecule has 2 N–H and O–H groups in total. The predicted molar refractivity (Wildman–Crippen MR) is 228 cm³/mol. The van der Waals surface area contributed by atoms with Crippen molar-refractivity contribution in [3.05, 3.63) is 134 Å². The first-order valence-corrected chi connectivity index (χ1v) is 18.8. The Kier molecular flexibility index (Phi) is 14.2. The van der Waals surface area contributed by atoms with Crippen molar-refractivity contribution in [2.45, 2.75) is 0 Å². The van der Waals surface area contributed by atoms with Crippen LogP contribution < -0.4 is 20.1 Å². The Balaban J connectivity index is 0.000000201. The lowest BCUT2D eigenvalue weighted by Crippen LogP contribution is -2.19.